The molecule has 1 aromatic rings. The van der Waals surface area contributed by atoms with Crippen LogP contribution in [-0.2, 0) is 11.3 Å². The highest BCUT2D eigenvalue weighted by Crippen LogP contribution is 2.14. The Bertz CT molecular complexity index is 370. The largest absolute Gasteiger partial charge is 0.459 e. The second kappa shape index (κ2) is 5.81. The number of rotatable bonds is 3. The predicted octanol–water partition coefficient (Wildman–Crippen LogP) is 0.105. The Morgan fingerprint density at radius 3 is 3.18 bits per heavy atom. The maximum Gasteiger partial charge on any atom is 0.301 e. The molecule has 0 saturated carbocycles. The van der Waals surface area contributed by atoms with E-state index in [4.69, 9.17) is 15.0 Å². The van der Waals surface area contributed by atoms with E-state index >= 15 is 0 Å². The molecule has 1 fully saturated rings. The molecule has 0 atom stereocenters. The van der Waals surface area contributed by atoms with Gasteiger partial charge in [0.15, 0.2) is 5.76 Å². The first-order valence-corrected chi connectivity index (χ1v) is 5.68. The molecule has 1 saturated heterocycles. The third-order valence-electron chi connectivity index (χ3n) is 2.79. The Labute approximate surface area is 99.7 Å². The third kappa shape index (κ3) is 3.06. The highest BCUT2D eigenvalue weighted by molar-refractivity contribution is 5.92. The van der Waals surface area contributed by atoms with Crippen LogP contribution in [0, 0.1) is 0 Å². The standard InChI is InChI=1S/C11H17N3O3/c12-13-11(15)10-9(2-6-17-10)8-14-3-1-5-16-7-4-14/h2,6H,1,3-5,7-8,12H2,(H,13,15). The molecule has 0 aliphatic carbocycles. The van der Waals surface area contributed by atoms with E-state index in [1.807, 2.05) is 0 Å². The molecule has 1 aliphatic heterocycles. The second-order valence-corrected chi connectivity index (χ2v) is 3.99. The normalized spacial score (nSPS) is 17.7. The van der Waals surface area contributed by atoms with E-state index in [1.54, 1.807) is 6.07 Å². The lowest BCUT2D eigenvalue weighted by Gasteiger charge is -2.18. The third-order valence-corrected chi connectivity index (χ3v) is 2.79. The highest BCUT2D eigenvalue weighted by atomic mass is 16.5. The molecule has 1 aromatic heterocycles. The number of nitrogens with two attached hydrogens (primary N) is 1. The lowest BCUT2D eigenvalue weighted by Crippen LogP contribution is -2.32. The van der Waals surface area contributed by atoms with E-state index in [9.17, 15) is 4.79 Å². The Morgan fingerprint density at radius 2 is 2.35 bits per heavy atom. The van der Waals surface area contributed by atoms with Gasteiger partial charge in [0.1, 0.15) is 0 Å². The number of amides is 1. The maximum atomic E-state index is 11.4. The molecule has 3 N–H and O–H groups in total. The fourth-order valence-electron chi connectivity index (χ4n) is 1.92. The Kier molecular flexibility index (Phi) is 4.13. The Hall–Kier alpha value is -1.37. The van der Waals surface area contributed by atoms with E-state index in [-0.39, 0.29) is 5.76 Å². The zero-order valence-corrected chi connectivity index (χ0v) is 9.65. The van der Waals surface area contributed by atoms with Gasteiger partial charge in [-0.15, -0.1) is 0 Å². The lowest BCUT2D eigenvalue weighted by molar-refractivity contribution is 0.0923. The molecule has 0 spiro atoms. The molecule has 0 unspecified atom stereocenters. The van der Waals surface area contributed by atoms with Gasteiger partial charge in [-0.25, -0.2) is 5.84 Å². The van der Waals surface area contributed by atoms with Crippen molar-refractivity contribution < 1.29 is 13.9 Å². The van der Waals surface area contributed by atoms with Crippen LogP contribution < -0.4 is 11.3 Å². The zero-order chi connectivity index (χ0) is 12.1. The lowest BCUT2D eigenvalue weighted by atomic mass is 10.2. The van der Waals surface area contributed by atoms with Gasteiger partial charge in [0, 0.05) is 31.8 Å². The topological polar surface area (TPSA) is 80.7 Å². The van der Waals surface area contributed by atoms with Crippen LogP contribution in [0.15, 0.2) is 16.7 Å². The molecule has 0 aromatic carbocycles. The number of hydrogen-bond acceptors (Lipinski definition) is 5. The molecule has 94 valence electrons. The molecule has 17 heavy (non-hydrogen) atoms. The molecule has 2 heterocycles. The van der Waals surface area contributed by atoms with Gasteiger partial charge in [-0.3, -0.25) is 15.1 Å². The smallest absolute Gasteiger partial charge is 0.301 e. The monoisotopic (exact) mass is 239 g/mol. The molecular formula is C11H17N3O3. The van der Waals surface area contributed by atoms with Crippen LogP contribution in [-0.4, -0.2) is 37.1 Å². The molecule has 1 amide bonds. The van der Waals surface area contributed by atoms with Crippen LogP contribution in [0.5, 0.6) is 0 Å². The number of ether oxygens (including phenoxy) is 1. The molecule has 1 aliphatic rings. The van der Waals surface area contributed by atoms with Gasteiger partial charge in [-0.1, -0.05) is 0 Å². The summed E-state index contributed by atoms with van der Waals surface area (Å²) in [6, 6.07) is 1.80. The fraction of sp³-hybridized carbons (Fsp3) is 0.545. The van der Waals surface area contributed by atoms with Crippen LogP contribution in [0.1, 0.15) is 22.5 Å². The average Bonchev–Trinajstić information content (AvgIpc) is 2.64. The van der Waals surface area contributed by atoms with Crippen molar-refractivity contribution in [1.82, 2.24) is 10.3 Å². The number of hydrogen-bond donors (Lipinski definition) is 2. The van der Waals surface area contributed by atoms with Crippen molar-refractivity contribution in [1.29, 1.82) is 0 Å². The summed E-state index contributed by atoms with van der Waals surface area (Å²) in [5, 5.41) is 0. The summed E-state index contributed by atoms with van der Waals surface area (Å²) < 4.78 is 10.5. The highest BCUT2D eigenvalue weighted by Gasteiger charge is 2.17. The molecule has 6 heteroatoms. The van der Waals surface area contributed by atoms with Crippen molar-refractivity contribution in [3.05, 3.63) is 23.7 Å². The van der Waals surface area contributed by atoms with Gasteiger partial charge < -0.3 is 9.15 Å². The van der Waals surface area contributed by atoms with Gasteiger partial charge in [-0.2, -0.15) is 0 Å². The van der Waals surface area contributed by atoms with Gasteiger partial charge in [0.2, 0.25) is 0 Å². The number of nitrogens with one attached hydrogen (secondary N) is 1. The van der Waals surface area contributed by atoms with E-state index in [0.29, 0.717) is 6.54 Å². The summed E-state index contributed by atoms with van der Waals surface area (Å²) in [6.45, 7) is 4.06. The summed E-state index contributed by atoms with van der Waals surface area (Å²) in [5.74, 6) is 4.99. The van der Waals surface area contributed by atoms with Crippen LogP contribution >= 0.6 is 0 Å². The van der Waals surface area contributed by atoms with Crippen molar-refractivity contribution in [2.45, 2.75) is 13.0 Å². The second-order valence-electron chi connectivity index (χ2n) is 3.99. The van der Waals surface area contributed by atoms with E-state index < -0.39 is 5.91 Å². The fourth-order valence-corrected chi connectivity index (χ4v) is 1.92. The van der Waals surface area contributed by atoms with E-state index in [2.05, 4.69) is 10.3 Å². The number of furan rings is 1. The molecule has 6 nitrogen and oxygen atoms in total. The van der Waals surface area contributed by atoms with Crippen LogP contribution in [0.25, 0.3) is 0 Å². The number of carbonyl (C=O) groups is 1. The molecule has 0 bridgehead atoms. The van der Waals surface area contributed by atoms with Crippen molar-refractivity contribution in [3.8, 4) is 0 Å². The minimum absolute atomic E-state index is 0.290. The van der Waals surface area contributed by atoms with Crippen LogP contribution in [0.2, 0.25) is 0 Å². The van der Waals surface area contributed by atoms with E-state index in [0.717, 1.165) is 38.3 Å². The minimum atomic E-state index is -0.393. The SMILES string of the molecule is NNC(=O)c1occc1CN1CCCOCC1. The van der Waals surface area contributed by atoms with Gasteiger partial charge in [-0.05, 0) is 12.5 Å². The quantitative estimate of drug-likeness (QED) is 0.444. The summed E-state index contributed by atoms with van der Waals surface area (Å²) in [6.07, 6.45) is 2.52. The van der Waals surface area contributed by atoms with Gasteiger partial charge in [0.05, 0.1) is 12.9 Å². The number of hydrazine groups is 1. The van der Waals surface area contributed by atoms with Gasteiger partial charge >= 0.3 is 5.91 Å². The average molecular weight is 239 g/mol. The van der Waals surface area contributed by atoms with E-state index in [1.165, 1.54) is 6.26 Å². The first-order valence-electron chi connectivity index (χ1n) is 5.68. The van der Waals surface area contributed by atoms with Crippen LogP contribution in [0.4, 0.5) is 0 Å². The van der Waals surface area contributed by atoms with Crippen LogP contribution in [0.3, 0.4) is 0 Å². The van der Waals surface area contributed by atoms with Crippen molar-refractivity contribution in [2.75, 3.05) is 26.3 Å². The number of nitrogens with zero attached hydrogens (tertiary/aromatic N) is 1. The first kappa shape index (κ1) is 12.1. The summed E-state index contributed by atoms with van der Waals surface area (Å²) in [5.41, 5.74) is 2.94. The molecular weight excluding hydrogens is 222 g/mol. The van der Waals surface area contributed by atoms with Crippen molar-refractivity contribution >= 4 is 5.91 Å². The van der Waals surface area contributed by atoms with Gasteiger partial charge in [0.25, 0.3) is 0 Å². The molecule has 2 rings (SSSR count). The summed E-state index contributed by atoms with van der Waals surface area (Å²) >= 11 is 0. The summed E-state index contributed by atoms with van der Waals surface area (Å²) in [4.78, 5) is 13.7. The minimum Gasteiger partial charge on any atom is -0.459 e. The predicted molar refractivity (Wildman–Crippen MR) is 61.1 cm³/mol. The van der Waals surface area contributed by atoms with Crippen molar-refractivity contribution in [2.24, 2.45) is 5.84 Å². The Morgan fingerprint density at radius 1 is 1.47 bits per heavy atom. The van der Waals surface area contributed by atoms with Crippen molar-refractivity contribution in [3.63, 3.8) is 0 Å². The zero-order valence-electron chi connectivity index (χ0n) is 9.65. The number of nitrogen functional groups attached to an aromatic ring is 1. The molecule has 0 radical (unpaired) electrons. The Balaban J connectivity index is 2.02. The summed E-state index contributed by atoms with van der Waals surface area (Å²) in [7, 11) is 0. The maximum absolute atomic E-state index is 11.4. The number of carbonyl (C=O) groups excluding carboxylic acids is 1. The first-order chi connectivity index (χ1) is 8.31.